The Hall–Kier alpha value is -3.23. The zero-order chi connectivity index (χ0) is 19.6. The van der Waals surface area contributed by atoms with Crippen molar-refractivity contribution in [3.8, 4) is 0 Å². The van der Waals surface area contributed by atoms with E-state index in [1.165, 1.54) is 9.80 Å². The summed E-state index contributed by atoms with van der Waals surface area (Å²) >= 11 is 0. The minimum Gasteiger partial charge on any atom is -0.338 e. The summed E-state index contributed by atoms with van der Waals surface area (Å²) in [5, 5.41) is 0.500. The van der Waals surface area contributed by atoms with Gasteiger partial charge in [0.2, 0.25) is 11.8 Å². The SMILES string of the molecule is CN(Cc1nc2ccccc2c(=O)[nH]1)C(=O)CCCN1C(=O)CN(C)C1=O. The van der Waals surface area contributed by atoms with Crippen LogP contribution in [0.2, 0.25) is 0 Å². The van der Waals surface area contributed by atoms with Gasteiger partial charge in [0.05, 0.1) is 17.4 Å². The Bertz CT molecular complexity index is 954. The number of carbonyl (C=O) groups is 3. The molecule has 1 aromatic carbocycles. The fourth-order valence-electron chi connectivity index (χ4n) is 2.99. The summed E-state index contributed by atoms with van der Waals surface area (Å²) in [5.74, 6) is 0.000530. The van der Waals surface area contributed by atoms with E-state index in [-0.39, 0.29) is 49.5 Å². The lowest BCUT2D eigenvalue weighted by Gasteiger charge is -2.18. The highest BCUT2D eigenvalue weighted by Gasteiger charge is 2.32. The van der Waals surface area contributed by atoms with Crippen LogP contribution in [-0.2, 0) is 16.1 Å². The second-order valence-electron chi connectivity index (χ2n) is 6.57. The van der Waals surface area contributed by atoms with Crippen molar-refractivity contribution in [3.05, 3.63) is 40.4 Å². The number of amides is 4. The summed E-state index contributed by atoms with van der Waals surface area (Å²) in [5.41, 5.74) is 0.332. The number of urea groups is 1. The first-order chi connectivity index (χ1) is 12.9. The van der Waals surface area contributed by atoms with E-state index in [2.05, 4.69) is 9.97 Å². The van der Waals surface area contributed by atoms with E-state index in [1.54, 1.807) is 38.4 Å². The van der Waals surface area contributed by atoms with Crippen LogP contribution in [-0.4, -0.2) is 69.7 Å². The van der Waals surface area contributed by atoms with Crippen LogP contribution in [0.4, 0.5) is 4.79 Å². The number of benzene rings is 1. The van der Waals surface area contributed by atoms with Crippen molar-refractivity contribution in [2.45, 2.75) is 19.4 Å². The standard InChI is InChI=1S/C18H21N5O4/c1-21(10-14-19-13-7-4-3-6-12(13)17(26)20-14)15(24)8-5-9-23-16(25)11-22(2)18(23)27/h3-4,6-7H,5,8-11H2,1-2H3,(H,19,20,26). The van der Waals surface area contributed by atoms with E-state index in [1.807, 2.05) is 0 Å². The van der Waals surface area contributed by atoms with Crippen LogP contribution in [0.5, 0.6) is 0 Å². The van der Waals surface area contributed by atoms with E-state index in [0.717, 1.165) is 4.90 Å². The minimum absolute atomic E-state index is 0.0771. The molecule has 3 rings (SSSR count). The number of nitrogens with one attached hydrogen (secondary N) is 1. The number of hydrogen-bond donors (Lipinski definition) is 1. The molecule has 27 heavy (non-hydrogen) atoms. The number of para-hydroxylation sites is 1. The number of fused-ring (bicyclic) bond motifs is 1. The summed E-state index contributed by atoms with van der Waals surface area (Å²) in [7, 11) is 3.19. The molecule has 1 aliphatic rings. The predicted molar refractivity (Wildman–Crippen MR) is 97.8 cm³/mol. The van der Waals surface area contributed by atoms with Crippen molar-refractivity contribution in [1.29, 1.82) is 0 Å². The monoisotopic (exact) mass is 371 g/mol. The summed E-state index contributed by atoms with van der Waals surface area (Å²) in [6, 6.07) is 6.67. The molecular weight excluding hydrogens is 350 g/mol. The molecule has 0 aliphatic carbocycles. The maximum atomic E-state index is 12.3. The van der Waals surface area contributed by atoms with Crippen molar-refractivity contribution in [2.24, 2.45) is 0 Å². The van der Waals surface area contributed by atoms with E-state index in [4.69, 9.17) is 0 Å². The molecule has 1 fully saturated rings. The van der Waals surface area contributed by atoms with Crippen LogP contribution in [0.3, 0.4) is 0 Å². The van der Waals surface area contributed by atoms with E-state index >= 15 is 0 Å². The smallest absolute Gasteiger partial charge is 0.326 e. The van der Waals surface area contributed by atoms with Crippen molar-refractivity contribution in [1.82, 2.24) is 24.7 Å². The van der Waals surface area contributed by atoms with Gasteiger partial charge in [-0.05, 0) is 18.6 Å². The molecule has 1 aliphatic heterocycles. The molecule has 0 bridgehead atoms. The predicted octanol–water partition coefficient (Wildman–Crippen LogP) is 0.556. The van der Waals surface area contributed by atoms with Gasteiger partial charge in [0, 0.05) is 27.1 Å². The highest BCUT2D eigenvalue weighted by Crippen LogP contribution is 2.11. The van der Waals surface area contributed by atoms with Crippen LogP contribution < -0.4 is 5.56 Å². The number of nitrogens with zero attached hydrogens (tertiary/aromatic N) is 4. The molecule has 1 saturated heterocycles. The molecule has 4 amide bonds. The highest BCUT2D eigenvalue weighted by molar-refractivity contribution is 6.01. The third-order valence-electron chi connectivity index (χ3n) is 4.48. The van der Waals surface area contributed by atoms with Gasteiger partial charge in [-0.2, -0.15) is 0 Å². The lowest BCUT2D eigenvalue weighted by molar-refractivity contribution is -0.131. The maximum absolute atomic E-state index is 12.3. The Kier molecular flexibility index (Phi) is 5.20. The van der Waals surface area contributed by atoms with Gasteiger partial charge in [-0.1, -0.05) is 12.1 Å². The highest BCUT2D eigenvalue weighted by atomic mass is 16.2. The molecule has 142 valence electrons. The lowest BCUT2D eigenvalue weighted by Crippen LogP contribution is -2.34. The number of rotatable bonds is 6. The molecular formula is C18H21N5O4. The Morgan fingerprint density at radius 1 is 1.26 bits per heavy atom. The molecule has 0 radical (unpaired) electrons. The van der Waals surface area contributed by atoms with Crippen molar-refractivity contribution in [3.63, 3.8) is 0 Å². The average molecular weight is 371 g/mol. The largest absolute Gasteiger partial charge is 0.338 e. The Labute approximate surface area is 155 Å². The topological polar surface area (TPSA) is 107 Å². The second-order valence-corrected chi connectivity index (χ2v) is 6.57. The lowest BCUT2D eigenvalue weighted by atomic mass is 10.2. The first kappa shape index (κ1) is 18.6. The zero-order valence-electron chi connectivity index (χ0n) is 15.3. The van der Waals surface area contributed by atoms with Crippen molar-refractivity contribution in [2.75, 3.05) is 27.2 Å². The molecule has 0 saturated carbocycles. The normalized spacial score (nSPS) is 14.3. The number of likely N-dealkylation sites (N-methyl/N-ethyl adjacent to an activating group) is 1. The van der Waals surface area contributed by atoms with Crippen molar-refractivity contribution >= 4 is 28.7 Å². The van der Waals surface area contributed by atoms with Gasteiger partial charge in [0.15, 0.2) is 0 Å². The molecule has 9 heteroatoms. The van der Waals surface area contributed by atoms with E-state index in [9.17, 15) is 19.2 Å². The number of aromatic nitrogens is 2. The number of hydrogen-bond acceptors (Lipinski definition) is 5. The van der Waals surface area contributed by atoms with Gasteiger partial charge in [-0.25, -0.2) is 9.78 Å². The third kappa shape index (κ3) is 3.97. The molecule has 2 heterocycles. The fourth-order valence-corrected chi connectivity index (χ4v) is 2.99. The first-order valence-electron chi connectivity index (χ1n) is 8.64. The Balaban J connectivity index is 1.56. The van der Waals surface area contributed by atoms with Gasteiger partial charge >= 0.3 is 6.03 Å². The summed E-state index contributed by atoms with van der Waals surface area (Å²) in [6.45, 7) is 0.462. The number of imide groups is 1. The summed E-state index contributed by atoms with van der Waals surface area (Å²) < 4.78 is 0. The van der Waals surface area contributed by atoms with Crippen LogP contribution in [0, 0.1) is 0 Å². The maximum Gasteiger partial charge on any atom is 0.326 e. The zero-order valence-corrected chi connectivity index (χ0v) is 15.3. The van der Waals surface area contributed by atoms with Crippen LogP contribution in [0.1, 0.15) is 18.7 Å². The Morgan fingerprint density at radius 2 is 2.00 bits per heavy atom. The number of carbonyl (C=O) groups excluding carboxylic acids is 3. The average Bonchev–Trinajstić information content (AvgIpc) is 2.87. The van der Waals surface area contributed by atoms with Crippen LogP contribution in [0.25, 0.3) is 10.9 Å². The molecule has 0 spiro atoms. The van der Waals surface area contributed by atoms with Gasteiger partial charge in [0.25, 0.3) is 5.56 Å². The molecule has 0 unspecified atom stereocenters. The van der Waals surface area contributed by atoms with Crippen molar-refractivity contribution < 1.29 is 14.4 Å². The summed E-state index contributed by atoms with van der Waals surface area (Å²) in [6.07, 6.45) is 0.575. The quantitative estimate of drug-likeness (QED) is 0.747. The van der Waals surface area contributed by atoms with Gasteiger partial charge in [-0.15, -0.1) is 0 Å². The first-order valence-corrected chi connectivity index (χ1v) is 8.64. The van der Waals surface area contributed by atoms with Gasteiger partial charge < -0.3 is 14.8 Å². The van der Waals surface area contributed by atoms with Crippen LogP contribution >= 0.6 is 0 Å². The molecule has 2 aromatic rings. The van der Waals surface area contributed by atoms with Gasteiger partial charge in [-0.3, -0.25) is 19.3 Å². The third-order valence-corrected chi connectivity index (χ3v) is 4.48. The number of aromatic amines is 1. The fraction of sp³-hybridized carbons (Fsp3) is 0.389. The molecule has 1 aromatic heterocycles. The van der Waals surface area contributed by atoms with Gasteiger partial charge in [0.1, 0.15) is 12.4 Å². The summed E-state index contributed by atoms with van der Waals surface area (Å²) in [4.78, 5) is 58.9. The minimum atomic E-state index is -0.334. The molecule has 9 nitrogen and oxygen atoms in total. The van der Waals surface area contributed by atoms with E-state index < -0.39 is 0 Å². The van der Waals surface area contributed by atoms with E-state index in [0.29, 0.717) is 23.1 Å². The van der Waals surface area contributed by atoms with Crippen LogP contribution in [0.15, 0.2) is 29.1 Å². The molecule has 0 atom stereocenters. The second kappa shape index (κ2) is 7.56. The number of H-pyrrole nitrogens is 1. The molecule has 1 N–H and O–H groups in total. The Morgan fingerprint density at radius 3 is 2.70 bits per heavy atom.